The molecule has 3 aliphatic rings. The largest absolute Gasteiger partial charge is 0.416 e. The van der Waals surface area contributed by atoms with Gasteiger partial charge in [-0.15, -0.1) is 0 Å². The number of rotatable bonds is 5. The number of piperazine rings is 1. The zero-order valence-electron chi connectivity index (χ0n) is 22.2. The van der Waals surface area contributed by atoms with Crippen LogP contribution in [-0.4, -0.2) is 55.0 Å². The molecule has 2 aliphatic carbocycles. The number of carbonyl (C=O) groups excluding carboxylic acids is 1. The van der Waals surface area contributed by atoms with Crippen LogP contribution in [0.15, 0.2) is 42.5 Å². The maximum absolute atomic E-state index is 14.0. The summed E-state index contributed by atoms with van der Waals surface area (Å²) in [6.07, 6.45) is 0.800. The fourth-order valence-electron chi connectivity index (χ4n) is 7.08. The molecule has 1 amide bonds. The number of amides is 1. The highest BCUT2D eigenvalue weighted by atomic mass is 19.4. The Hall–Kier alpha value is -2.54. The van der Waals surface area contributed by atoms with Crippen molar-refractivity contribution >= 4 is 11.6 Å². The van der Waals surface area contributed by atoms with Gasteiger partial charge in [-0.2, -0.15) is 13.2 Å². The van der Waals surface area contributed by atoms with Crippen LogP contribution < -0.4 is 4.90 Å². The second kappa shape index (κ2) is 9.97. The highest BCUT2D eigenvalue weighted by Crippen LogP contribution is 2.56. The van der Waals surface area contributed by atoms with E-state index < -0.39 is 11.7 Å². The van der Waals surface area contributed by atoms with E-state index in [1.807, 2.05) is 9.80 Å². The lowest BCUT2D eigenvalue weighted by molar-refractivity contribution is -0.144. The van der Waals surface area contributed by atoms with Gasteiger partial charge in [0.2, 0.25) is 5.91 Å². The van der Waals surface area contributed by atoms with Crippen LogP contribution in [0, 0.1) is 25.2 Å². The minimum absolute atomic E-state index is 0.278. The van der Waals surface area contributed by atoms with E-state index >= 15 is 0 Å². The molecule has 0 aromatic heterocycles. The molecule has 2 saturated carbocycles. The molecule has 0 N–H and O–H groups in total. The number of alkyl halides is 3. The number of benzene rings is 2. The van der Waals surface area contributed by atoms with Gasteiger partial charge in [0.1, 0.15) is 0 Å². The van der Waals surface area contributed by atoms with Crippen LogP contribution in [0.5, 0.6) is 0 Å². The van der Waals surface area contributed by atoms with Crippen molar-refractivity contribution in [3.05, 3.63) is 64.7 Å². The average Bonchev–Trinajstić information content (AvgIpc) is 3.44. The van der Waals surface area contributed by atoms with Crippen molar-refractivity contribution in [2.24, 2.45) is 11.3 Å². The highest BCUT2D eigenvalue weighted by Gasteiger charge is 2.56. The molecule has 4 nitrogen and oxygen atoms in total. The molecule has 3 atom stereocenters. The summed E-state index contributed by atoms with van der Waals surface area (Å²) in [5, 5.41) is 0. The molecule has 2 aromatic rings. The summed E-state index contributed by atoms with van der Waals surface area (Å²) >= 11 is 0. The molecule has 3 fully saturated rings. The summed E-state index contributed by atoms with van der Waals surface area (Å²) in [6.45, 7) is 7.42. The Bertz CT molecular complexity index is 1140. The third-order valence-electron chi connectivity index (χ3n) is 9.19. The van der Waals surface area contributed by atoms with Crippen LogP contribution >= 0.6 is 0 Å². The molecule has 1 heterocycles. The smallest absolute Gasteiger partial charge is 0.368 e. The SMILES string of the molecule is Cc1ccc(CN(C)C2CC3CCCC3(C(=O)N3CCN(c4cccc(C(F)(F)F)c4)CC3)C2)c(C)c1. The number of hydrogen-bond donors (Lipinski definition) is 0. The molecule has 37 heavy (non-hydrogen) atoms. The van der Waals surface area contributed by atoms with E-state index in [9.17, 15) is 18.0 Å². The molecular formula is C30H38F3N3O. The summed E-state index contributed by atoms with van der Waals surface area (Å²) in [5.74, 6) is 0.703. The van der Waals surface area contributed by atoms with E-state index in [1.54, 1.807) is 6.07 Å². The second-order valence-corrected chi connectivity index (χ2v) is 11.5. The second-order valence-electron chi connectivity index (χ2n) is 11.5. The Morgan fingerprint density at radius 2 is 1.84 bits per heavy atom. The van der Waals surface area contributed by atoms with Gasteiger partial charge < -0.3 is 9.80 Å². The highest BCUT2D eigenvalue weighted by molar-refractivity contribution is 5.84. The molecule has 0 radical (unpaired) electrons. The molecule has 0 spiro atoms. The number of aryl methyl sites for hydroxylation is 2. The first-order valence-corrected chi connectivity index (χ1v) is 13.5. The topological polar surface area (TPSA) is 26.8 Å². The van der Waals surface area contributed by atoms with Gasteiger partial charge >= 0.3 is 6.18 Å². The van der Waals surface area contributed by atoms with Crippen molar-refractivity contribution < 1.29 is 18.0 Å². The number of fused-ring (bicyclic) bond motifs is 1. The number of carbonyl (C=O) groups is 1. The van der Waals surface area contributed by atoms with Crippen molar-refractivity contribution in [1.82, 2.24) is 9.80 Å². The van der Waals surface area contributed by atoms with Crippen molar-refractivity contribution in [2.45, 2.75) is 64.7 Å². The summed E-state index contributed by atoms with van der Waals surface area (Å²) < 4.78 is 39.5. The quantitative estimate of drug-likeness (QED) is 0.487. The van der Waals surface area contributed by atoms with Crippen LogP contribution in [0.2, 0.25) is 0 Å². The van der Waals surface area contributed by atoms with E-state index in [0.717, 1.165) is 44.7 Å². The lowest BCUT2D eigenvalue weighted by Crippen LogP contribution is -2.53. The minimum Gasteiger partial charge on any atom is -0.368 e. The maximum atomic E-state index is 14.0. The molecule has 1 aliphatic heterocycles. The average molecular weight is 514 g/mol. The molecule has 2 aromatic carbocycles. The fourth-order valence-corrected chi connectivity index (χ4v) is 7.08. The maximum Gasteiger partial charge on any atom is 0.416 e. The van der Waals surface area contributed by atoms with Gasteiger partial charge in [0.25, 0.3) is 0 Å². The van der Waals surface area contributed by atoms with E-state index in [4.69, 9.17) is 0 Å². The van der Waals surface area contributed by atoms with Gasteiger partial charge in [-0.25, -0.2) is 0 Å². The van der Waals surface area contributed by atoms with Crippen LogP contribution in [0.3, 0.4) is 0 Å². The monoisotopic (exact) mass is 513 g/mol. The zero-order chi connectivity index (χ0) is 26.4. The van der Waals surface area contributed by atoms with Gasteiger partial charge in [0.15, 0.2) is 0 Å². The Balaban J connectivity index is 1.23. The fraction of sp³-hybridized carbons (Fsp3) is 0.567. The van der Waals surface area contributed by atoms with Crippen LogP contribution in [0.25, 0.3) is 0 Å². The summed E-state index contributed by atoms with van der Waals surface area (Å²) in [5.41, 5.74) is 3.60. The van der Waals surface area contributed by atoms with Crippen molar-refractivity contribution in [1.29, 1.82) is 0 Å². The van der Waals surface area contributed by atoms with Crippen LogP contribution in [0.1, 0.15) is 54.4 Å². The Kier molecular flexibility index (Phi) is 7.03. The normalized spacial score (nSPS) is 26.1. The number of nitrogens with zero attached hydrogens (tertiary/aromatic N) is 3. The number of anilines is 1. The van der Waals surface area contributed by atoms with Gasteiger partial charge in [0.05, 0.1) is 11.0 Å². The lowest BCUT2D eigenvalue weighted by Gasteiger charge is -2.41. The first-order chi connectivity index (χ1) is 17.6. The Labute approximate surface area is 218 Å². The third kappa shape index (κ3) is 5.12. The predicted octanol–water partition coefficient (Wildman–Crippen LogP) is 6.05. The zero-order valence-corrected chi connectivity index (χ0v) is 22.2. The first-order valence-electron chi connectivity index (χ1n) is 13.5. The van der Waals surface area contributed by atoms with E-state index in [2.05, 4.69) is 44.0 Å². The Morgan fingerprint density at radius 3 is 2.54 bits per heavy atom. The van der Waals surface area contributed by atoms with Gasteiger partial charge in [-0.3, -0.25) is 9.69 Å². The van der Waals surface area contributed by atoms with E-state index in [0.29, 0.717) is 43.8 Å². The van der Waals surface area contributed by atoms with Gasteiger partial charge in [-0.05, 0) is 81.8 Å². The standard InChI is InChI=1S/C30H38F3N3O/c1-21-9-10-23(22(2)16-21)20-34(3)27-17-24-7-5-11-29(24,19-27)28(37)36-14-12-35(13-15-36)26-8-4-6-25(18-26)30(31,32)33/h4,6,8-10,16,18,24,27H,5,7,11-15,17,19-20H2,1-3H3. The minimum atomic E-state index is -4.35. The number of halogens is 3. The molecule has 0 bridgehead atoms. The third-order valence-corrected chi connectivity index (χ3v) is 9.19. The van der Waals surface area contributed by atoms with E-state index in [-0.39, 0.29) is 11.3 Å². The lowest BCUT2D eigenvalue weighted by atomic mass is 9.78. The van der Waals surface area contributed by atoms with Crippen molar-refractivity contribution in [3.8, 4) is 0 Å². The van der Waals surface area contributed by atoms with Gasteiger partial charge in [0, 0.05) is 44.5 Å². The molecule has 200 valence electrons. The van der Waals surface area contributed by atoms with Crippen molar-refractivity contribution in [2.75, 3.05) is 38.1 Å². The summed E-state index contributed by atoms with van der Waals surface area (Å²) in [4.78, 5) is 20.4. The van der Waals surface area contributed by atoms with Gasteiger partial charge in [-0.1, -0.05) is 36.2 Å². The summed E-state index contributed by atoms with van der Waals surface area (Å²) in [7, 11) is 2.19. The molecule has 3 unspecified atom stereocenters. The van der Waals surface area contributed by atoms with Crippen molar-refractivity contribution in [3.63, 3.8) is 0 Å². The summed E-state index contributed by atoms with van der Waals surface area (Å²) in [6, 6.07) is 12.5. The van der Waals surface area contributed by atoms with E-state index in [1.165, 1.54) is 28.8 Å². The predicted molar refractivity (Wildman–Crippen MR) is 140 cm³/mol. The van der Waals surface area contributed by atoms with Crippen LogP contribution in [0.4, 0.5) is 18.9 Å². The Morgan fingerprint density at radius 1 is 1.08 bits per heavy atom. The number of hydrogen-bond acceptors (Lipinski definition) is 3. The first kappa shape index (κ1) is 26.1. The molecule has 5 rings (SSSR count). The molecule has 7 heteroatoms. The molecule has 1 saturated heterocycles. The molecular weight excluding hydrogens is 475 g/mol. The van der Waals surface area contributed by atoms with Crippen LogP contribution in [-0.2, 0) is 17.5 Å².